The molecule has 5 heteroatoms. The minimum Gasteiger partial charge on any atom is -0.464 e. The van der Waals surface area contributed by atoms with Crippen LogP contribution in [0.3, 0.4) is 0 Å². The molecule has 2 heterocycles. The van der Waals surface area contributed by atoms with E-state index in [1.807, 2.05) is 19.9 Å². The van der Waals surface area contributed by atoms with Gasteiger partial charge < -0.3 is 15.1 Å². The fourth-order valence-corrected chi connectivity index (χ4v) is 2.91. The van der Waals surface area contributed by atoms with E-state index < -0.39 is 6.04 Å². The maximum Gasteiger partial charge on any atom is 0.242 e. The van der Waals surface area contributed by atoms with E-state index in [0.717, 1.165) is 27.7 Å². The summed E-state index contributed by atoms with van der Waals surface area (Å²) in [5.74, 6) is -0.257. The largest absolute Gasteiger partial charge is 0.464 e. The Labute approximate surface area is 122 Å². The van der Waals surface area contributed by atoms with Crippen LogP contribution in [0.25, 0.3) is 11.0 Å². The molecule has 2 aromatic rings. The number of carbonyl (C=O) groups excluding carboxylic acids is 2. The van der Waals surface area contributed by atoms with Crippen molar-refractivity contribution in [3.8, 4) is 0 Å². The van der Waals surface area contributed by atoms with Crippen molar-refractivity contribution < 1.29 is 14.0 Å². The van der Waals surface area contributed by atoms with Gasteiger partial charge in [-0.2, -0.15) is 0 Å². The first-order valence-electron chi connectivity index (χ1n) is 7.09. The molecule has 1 atom stereocenters. The summed E-state index contributed by atoms with van der Waals surface area (Å²) in [6.45, 7) is 4.65. The van der Waals surface area contributed by atoms with Crippen molar-refractivity contribution >= 4 is 22.8 Å². The number of hydrogen-bond acceptors (Lipinski definition) is 3. The number of rotatable bonds is 3. The van der Waals surface area contributed by atoms with Crippen LogP contribution in [0, 0.1) is 13.8 Å². The van der Waals surface area contributed by atoms with E-state index in [4.69, 9.17) is 4.42 Å². The third-order valence-electron chi connectivity index (χ3n) is 3.83. The van der Waals surface area contributed by atoms with E-state index in [1.165, 1.54) is 0 Å². The van der Waals surface area contributed by atoms with Gasteiger partial charge in [-0.05, 0) is 37.5 Å². The van der Waals surface area contributed by atoms with Gasteiger partial charge in [0.15, 0.2) is 0 Å². The maximum atomic E-state index is 12.1. The molecule has 1 aromatic heterocycles. The second kappa shape index (κ2) is 5.24. The first-order valence-corrected chi connectivity index (χ1v) is 7.09. The van der Waals surface area contributed by atoms with E-state index in [1.54, 1.807) is 6.26 Å². The molecule has 1 aliphatic rings. The van der Waals surface area contributed by atoms with E-state index in [0.29, 0.717) is 13.0 Å². The minimum atomic E-state index is -0.404. The highest BCUT2D eigenvalue weighted by Gasteiger charge is 2.25. The van der Waals surface area contributed by atoms with Crippen LogP contribution in [0.5, 0.6) is 0 Å². The van der Waals surface area contributed by atoms with Crippen molar-refractivity contribution in [1.29, 1.82) is 0 Å². The molecule has 1 aromatic carbocycles. The third-order valence-corrected chi connectivity index (χ3v) is 3.83. The van der Waals surface area contributed by atoms with Crippen molar-refractivity contribution in [2.45, 2.75) is 32.7 Å². The second-order valence-corrected chi connectivity index (χ2v) is 5.59. The number of nitrogens with one attached hydrogen (secondary N) is 2. The zero-order valence-corrected chi connectivity index (χ0v) is 12.2. The van der Waals surface area contributed by atoms with E-state index in [9.17, 15) is 9.59 Å². The molecular weight excluding hydrogens is 268 g/mol. The molecule has 2 amide bonds. The van der Waals surface area contributed by atoms with Gasteiger partial charge in [0.1, 0.15) is 11.6 Å². The minimum absolute atomic E-state index is 0.104. The fraction of sp³-hybridized carbons (Fsp3) is 0.375. The van der Waals surface area contributed by atoms with Crippen LogP contribution >= 0.6 is 0 Å². The Balaban J connectivity index is 1.78. The molecule has 1 saturated heterocycles. The van der Waals surface area contributed by atoms with Crippen LogP contribution < -0.4 is 10.6 Å². The number of benzene rings is 1. The zero-order chi connectivity index (χ0) is 15.0. The molecule has 5 nitrogen and oxygen atoms in total. The van der Waals surface area contributed by atoms with Crippen LogP contribution in [0.15, 0.2) is 22.8 Å². The monoisotopic (exact) mass is 286 g/mol. The van der Waals surface area contributed by atoms with Gasteiger partial charge in [0, 0.05) is 17.5 Å². The lowest BCUT2D eigenvalue weighted by Crippen LogP contribution is -2.40. The fourth-order valence-electron chi connectivity index (χ4n) is 2.91. The van der Waals surface area contributed by atoms with E-state index >= 15 is 0 Å². The summed E-state index contributed by atoms with van der Waals surface area (Å²) in [5, 5.41) is 6.47. The Morgan fingerprint density at radius 3 is 2.95 bits per heavy atom. The Hall–Kier alpha value is -2.30. The highest BCUT2D eigenvalue weighted by Crippen LogP contribution is 2.26. The molecule has 1 unspecified atom stereocenters. The first-order chi connectivity index (χ1) is 10.0. The number of carbonyl (C=O) groups is 2. The second-order valence-electron chi connectivity index (χ2n) is 5.59. The molecule has 0 aliphatic carbocycles. The van der Waals surface area contributed by atoms with Gasteiger partial charge in [-0.15, -0.1) is 0 Å². The number of amides is 2. The third kappa shape index (κ3) is 2.63. The van der Waals surface area contributed by atoms with Crippen LogP contribution in [0.1, 0.15) is 23.1 Å². The lowest BCUT2D eigenvalue weighted by atomic mass is 10.0. The Kier molecular flexibility index (Phi) is 3.41. The molecule has 0 bridgehead atoms. The average molecular weight is 286 g/mol. The Morgan fingerprint density at radius 2 is 2.24 bits per heavy atom. The molecular formula is C16H18N2O3. The van der Waals surface area contributed by atoms with E-state index in [-0.39, 0.29) is 18.2 Å². The summed E-state index contributed by atoms with van der Waals surface area (Å²) in [5.41, 5.74) is 3.89. The quantitative estimate of drug-likeness (QED) is 0.900. The van der Waals surface area contributed by atoms with Crippen LogP contribution in [-0.2, 0) is 16.0 Å². The predicted octanol–water partition coefficient (Wildman–Crippen LogP) is 1.60. The lowest BCUT2D eigenvalue weighted by Gasteiger charge is -2.09. The van der Waals surface area contributed by atoms with Crippen molar-refractivity contribution in [2.75, 3.05) is 6.54 Å². The van der Waals surface area contributed by atoms with Crippen molar-refractivity contribution in [1.82, 2.24) is 10.6 Å². The highest BCUT2D eigenvalue weighted by molar-refractivity contribution is 5.93. The maximum absolute atomic E-state index is 12.1. The highest BCUT2D eigenvalue weighted by atomic mass is 16.3. The van der Waals surface area contributed by atoms with Crippen LogP contribution in [0.2, 0.25) is 0 Å². The molecule has 110 valence electrons. The van der Waals surface area contributed by atoms with Crippen LogP contribution in [0.4, 0.5) is 0 Å². The molecule has 0 saturated carbocycles. The number of aryl methyl sites for hydroxylation is 2. The summed E-state index contributed by atoms with van der Waals surface area (Å²) >= 11 is 0. The SMILES string of the molecule is Cc1cc(C)c2c(CC(=O)NC3CCNC3=O)coc2c1. The summed E-state index contributed by atoms with van der Waals surface area (Å²) in [4.78, 5) is 23.6. The molecule has 0 spiro atoms. The summed E-state index contributed by atoms with van der Waals surface area (Å²) in [7, 11) is 0. The van der Waals surface area contributed by atoms with Gasteiger partial charge in [0.2, 0.25) is 11.8 Å². The van der Waals surface area contributed by atoms with Crippen molar-refractivity contribution in [3.63, 3.8) is 0 Å². The van der Waals surface area contributed by atoms with Gasteiger partial charge in [0.25, 0.3) is 0 Å². The van der Waals surface area contributed by atoms with Crippen LogP contribution in [-0.4, -0.2) is 24.4 Å². The number of fused-ring (bicyclic) bond motifs is 1. The number of furan rings is 1. The molecule has 0 radical (unpaired) electrons. The Bertz CT molecular complexity index is 718. The summed E-state index contributed by atoms with van der Waals surface area (Å²) in [6.07, 6.45) is 2.50. The standard InChI is InChI=1S/C16H18N2O3/c1-9-5-10(2)15-11(8-21-13(15)6-9)7-14(19)18-12-3-4-17-16(12)20/h5-6,8,12H,3-4,7H2,1-2H3,(H,17,20)(H,18,19). The predicted molar refractivity (Wildman–Crippen MR) is 78.9 cm³/mol. The topological polar surface area (TPSA) is 71.3 Å². The zero-order valence-electron chi connectivity index (χ0n) is 12.2. The van der Waals surface area contributed by atoms with Gasteiger partial charge >= 0.3 is 0 Å². The Morgan fingerprint density at radius 1 is 1.43 bits per heavy atom. The normalized spacial score (nSPS) is 18.0. The molecule has 21 heavy (non-hydrogen) atoms. The van der Waals surface area contributed by atoms with Gasteiger partial charge in [-0.1, -0.05) is 6.07 Å². The van der Waals surface area contributed by atoms with Crippen molar-refractivity contribution in [3.05, 3.63) is 35.1 Å². The van der Waals surface area contributed by atoms with Gasteiger partial charge in [-0.25, -0.2) is 0 Å². The number of hydrogen-bond donors (Lipinski definition) is 2. The van der Waals surface area contributed by atoms with Gasteiger partial charge in [-0.3, -0.25) is 9.59 Å². The smallest absolute Gasteiger partial charge is 0.242 e. The molecule has 1 aliphatic heterocycles. The summed E-state index contributed by atoms with van der Waals surface area (Å²) < 4.78 is 5.54. The summed E-state index contributed by atoms with van der Waals surface area (Å²) in [6, 6.07) is 3.64. The van der Waals surface area contributed by atoms with E-state index in [2.05, 4.69) is 16.7 Å². The van der Waals surface area contributed by atoms with Crippen molar-refractivity contribution in [2.24, 2.45) is 0 Å². The molecule has 2 N–H and O–H groups in total. The molecule has 1 fully saturated rings. The molecule has 3 rings (SSSR count). The first kappa shape index (κ1) is 13.7. The van der Waals surface area contributed by atoms with Gasteiger partial charge in [0.05, 0.1) is 12.7 Å². The average Bonchev–Trinajstić information content (AvgIpc) is 2.97. The lowest BCUT2D eigenvalue weighted by molar-refractivity contribution is -0.127.